The fourth-order valence-corrected chi connectivity index (χ4v) is 2.77. The van der Waals surface area contributed by atoms with E-state index in [1.54, 1.807) is 6.20 Å². The molecular weight excluding hydrogens is 330 g/mol. The third-order valence-corrected chi connectivity index (χ3v) is 4.12. The van der Waals surface area contributed by atoms with Crippen LogP contribution in [-0.2, 0) is 5.54 Å². The Morgan fingerprint density at radius 3 is 2.60 bits per heavy atom. The molecule has 0 N–H and O–H groups in total. The van der Waals surface area contributed by atoms with Crippen molar-refractivity contribution < 1.29 is 0 Å². The van der Waals surface area contributed by atoms with E-state index in [4.69, 9.17) is 11.6 Å². The maximum Gasteiger partial charge on any atom is 0.141 e. The zero-order valence-corrected chi connectivity index (χ0v) is 15.6. The van der Waals surface area contributed by atoms with Gasteiger partial charge in [0.15, 0.2) is 0 Å². The predicted molar refractivity (Wildman–Crippen MR) is 103 cm³/mol. The van der Waals surface area contributed by atoms with Gasteiger partial charge in [-0.25, -0.2) is 9.97 Å². The third-order valence-electron chi connectivity index (χ3n) is 3.79. The molecule has 25 heavy (non-hydrogen) atoms. The second kappa shape index (κ2) is 6.74. The van der Waals surface area contributed by atoms with E-state index in [1.807, 2.05) is 49.5 Å². The van der Waals surface area contributed by atoms with E-state index in [0.29, 0.717) is 5.02 Å². The summed E-state index contributed by atoms with van der Waals surface area (Å²) in [4.78, 5) is 8.91. The molecular formula is C21H20ClN3. The van der Waals surface area contributed by atoms with Crippen molar-refractivity contribution in [2.45, 2.75) is 33.2 Å². The minimum absolute atomic E-state index is 0.0810. The van der Waals surface area contributed by atoms with Crippen LogP contribution in [0.25, 0.3) is 11.4 Å². The van der Waals surface area contributed by atoms with Crippen LogP contribution in [0.3, 0.4) is 0 Å². The molecule has 0 radical (unpaired) electrons. The van der Waals surface area contributed by atoms with Crippen LogP contribution in [0.4, 0.5) is 0 Å². The molecule has 0 aliphatic heterocycles. The summed E-state index contributed by atoms with van der Waals surface area (Å²) < 4.78 is 2.12. The maximum atomic E-state index is 6.43. The van der Waals surface area contributed by atoms with Gasteiger partial charge in [-0.3, -0.25) is 0 Å². The molecule has 0 bridgehead atoms. The summed E-state index contributed by atoms with van der Waals surface area (Å²) in [5.41, 5.74) is 3.39. The van der Waals surface area contributed by atoms with Gasteiger partial charge in [0.25, 0.3) is 0 Å². The zero-order chi connectivity index (χ0) is 18.0. The molecule has 0 aliphatic carbocycles. The first-order chi connectivity index (χ1) is 11.8. The predicted octanol–water partition coefficient (Wildman–Crippen LogP) is 5.06. The standard InChI is InChI=1S/C21H20ClN3/c1-15-6-5-7-17(24-15)10-8-16-9-11-19(22)18(14-16)20-23-12-13-25(20)21(2,3)4/h5-7,9,11-14H,1-4H3. The second-order valence-corrected chi connectivity index (χ2v) is 7.31. The fraction of sp³-hybridized carbons (Fsp3) is 0.238. The Hall–Kier alpha value is -2.57. The molecule has 3 nitrogen and oxygen atoms in total. The molecule has 0 saturated heterocycles. The molecule has 2 aromatic heterocycles. The lowest BCUT2D eigenvalue weighted by Crippen LogP contribution is -2.21. The smallest absolute Gasteiger partial charge is 0.141 e. The summed E-state index contributed by atoms with van der Waals surface area (Å²) in [5.74, 6) is 7.12. The summed E-state index contributed by atoms with van der Waals surface area (Å²) in [7, 11) is 0. The fourth-order valence-electron chi connectivity index (χ4n) is 2.57. The summed E-state index contributed by atoms with van der Waals surface area (Å²) >= 11 is 6.43. The highest BCUT2D eigenvalue weighted by atomic mass is 35.5. The van der Waals surface area contributed by atoms with Crippen molar-refractivity contribution in [1.29, 1.82) is 0 Å². The van der Waals surface area contributed by atoms with Gasteiger partial charge in [0.05, 0.1) is 5.02 Å². The van der Waals surface area contributed by atoms with E-state index in [1.165, 1.54) is 0 Å². The van der Waals surface area contributed by atoms with Gasteiger partial charge in [-0.15, -0.1) is 0 Å². The summed E-state index contributed by atoms with van der Waals surface area (Å²) in [6, 6.07) is 11.6. The molecule has 0 unspecified atom stereocenters. The topological polar surface area (TPSA) is 30.7 Å². The van der Waals surface area contributed by atoms with Gasteiger partial charge in [0, 0.05) is 34.8 Å². The molecule has 0 aliphatic rings. The number of benzene rings is 1. The van der Waals surface area contributed by atoms with E-state index in [0.717, 1.165) is 28.3 Å². The number of aromatic nitrogens is 3. The van der Waals surface area contributed by atoms with E-state index in [9.17, 15) is 0 Å². The highest BCUT2D eigenvalue weighted by Gasteiger charge is 2.19. The molecule has 3 rings (SSSR count). The quantitative estimate of drug-likeness (QED) is 0.575. The molecule has 2 heterocycles. The summed E-state index contributed by atoms with van der Waals surface area (Å²) in [6.45, 7) is 8.37. The average Bonchev–Trinajstić information content (AvgIpc) is 3.04. The van der Waals surface area contributed by atoms with Crippen molar-refractivity contribution in [3.63, 3.8) is 0 Å². The monoisotopic (exact) mass is 349 g/mol. The molecule has 0 atom stereocenters. The Kier molecular flexibility index (Phi) is 4.65. The van der Waals surface area contributed by atoms with Crippen LogP contribution in [-0.4, -0.2) is 14.5 Å². The van der Waals surface area contributed by atoms with Crippen LogP contribution in [0.15, 0.2) is 48.8 Å². The molecule has 1 aromatic carbocycles. The number of hydrogen-bond acceptors (Lipinski definition) is 2. The molecule has 4 heteroatoms. The number of halogens is 1. The van der Waals surface area contributed by atoms with Crippen molar-refractivity contribution in [3.8, 4) is 23.2 Å². The number of hydrogen-bond donors (Lipinski definition) is 0. The Balaban J connectivity index is 2.02. The lowest BCUT2D eigenvalue weighted by Gasteiger charge is -2.23. The molecule has 126 valence electrons. The number of nitrogens with zero attached hydrogens (tertiary/aromatic N) is 3. The van der Waals surface area contributed by atoms with Crippen molar-refractivity contribution >= 4 is 11.6 Å². The van der Waals surface area contributed by atoms with Crippen LogP contribution < -0.4 is 0 Å². The third kappa shape index (κ3) is 3.92. The Labute approximate surface area is 153 Å². The summed E-state index contributed by atoms with van der Waals surface area (Å²) in [5, 5.41) is 0.663. The highest BCUT2D eigenvalue weighted by molar-refractivity contribution is 6.33. The van der Waals surface area contributed by atoms with Crippen LogP contribution in [0.2, 0.25) is 5.02 Å². The van der Waals surface area contributed by atoms with Crippen LogP contribution in [0, 0.1) is 18.8 Å². The lowest BCUT2D eigenvalue weighted by molar-refractivity contribution is 0.401. The molecule has 0 fully saturated rings. The van der Waals surface area contributed by atoms with E-state index >= 15 is 0 Å². The minimum Gasteiger partial charge on any atom is -0.326 e. The SMILES string of the molecule is Cc1cccc(C#Cc2ccc(Cl)c(-c3nccn3C(C)(C)C)c2)n1. The van der Waals surface area contributed by atoms with E-state index < -0.39 is 0 Å². The Morgan fingerprint density at radius 2 is 1.88 bits per heavy atom. The van der Waals surface area contributed by atoms with E-state index in [2.05, 4.69) is 47.1 Å². The largest absolute Gasteiger partial charge is 0.326 e. The number of pyridine rings is 1. The molecule has 3 aromatic rings. The minimum atomic E-state index is -0.0810. The Bertz CT molecular complexity index is 969. The van der Waals surface area contributed by atoms with E-state index in [-0.39, 0.29) is 5.54 Å². The van der Waals surface area contributed by atoms with Gasteiger partial charge in [0.1, 0.15) is 11.5 Å². The molecule has 0 spiro atoms. The van der Waals surface area contributed by atoms with Gasteiger partial charge in [-0.05, 0) is 63.9 Å². The normalized spacial score (nSPS) is 11.1. The van der Waals surface area contributed by atoms with Gasteiger partial charge < -0.3 is 4.57 Å². The lowest BCUT2D eigenvalue weighted by atomic mass is 10.1. The molecule has 0 saturated carbocycles. The highest BCUT2D eigenvalue weighted by Crippen LogP contribution is 2.30. The zero-order valence-electron chi connectivity index (χ0n) is 14.8. The average molecular weight is 350 g/mol. The van der Waals surface area contributed by atoms with Crippen molar-refractivity contribution in [1.82, 2.24) is 14.5 Å². The first-order valence-electron chi connectivity index (χ1n) is 8.14. The van der Waals surface area contributed by atoms with Crippen LogP contribution in [0.1, 0.15) is 37.7 Å². The van der Waals surface area contributed by atoms with Crippen molar-refractivity contribution in [2.24, 2.45) is 0 Å². The summed E-state index contributed by atoms with van der Waals surface area (Å²) in [6.07, 6.45) is 3.77. The van der Waals surface area contributed by atoms with Gasteiger partial charge >= 0.3 is 0 Å². The first kappa shape index (κ1) is 17.3. The van der Waals surface area contributed by atoms with Gasteiger partial charge in [0.2, 0.25) is 0 Å². The maximum absolute atomic E-state index is 6.43. The van der Waals surface area contributed by atoms with Crippen molar-refractivity contribution in [2.75, 3.05) is 0 Å². The number of aryl methyl sites for hydroxylation is 1. The first-order valence-corrected chi connectivity index (χ1v) is 8.52. The van der Waals surface area contributed by atoms with Crippen molar-refractivity contribution in [3.05, 3.63) is 70.8 Å². The molecule has 0 amide bonds. The second-order valence-electron chi connectivity index (χ2n) is 6.90. The van der Waals surface area contributed by atoms with Gasteiger partial charge in [-0.1, -0.05) is 23.6 Å². The van der Waals surface area contributed by atoms with Gasteiger partial charge in [-0.2, -0.15) is 0 Å². The number of rotatable bonds is 1. The Morgan fingerprint density at radius 1 is 1.08 bits per heavy atom. The van der Waals surface area contributed by atoms with Crippen LogP contribution in [0.5, 0.6) is 0 Å². The number of imidazole rings is 1. The van der Waals surface area contributed by atoms with Crippen LogP contribution >= 0.6 is 11.6 Å².